The number of para-hydroxylation sites is 1. The molecule has 1 saturated carbocycles. The van der Waals surface area contributed by atoms with Gasteiger partial charge in [0.25, 0.3) is 5.91 Å². The molecule has 4 N–H and O–H groups in total. The maximum Gasteiger partial charge on any atom is 0.348 e. The van der Waals surface area contributed by atoms with Crippen LogP contribution in [0.1, 0.15) is 42.6 Å². The second-order valence-electron chi connectivity index (χ2n) is 10.5. The van der Waals surface area contributed by atoms with Gasteiger partial charge in [-0.05, 0) is 38.8 Å². The fourth-order valence-corrected chi connectivity index (χ4v) is 4.63. The van der Waals surface area contributed by atoms with Gasteiger partial charge in [-0.15, -0.1) is 0 Å². The van der Waals surface area contributed by atoms with Gasteiger partial charge < -0.3 is 30.3 Å². The monoisotopic (exact) mass is 614 g/mol. The molecule has 43 heavy (non-hydrogen) atoms. The van der Waals surface area contributed by atoms with Crippen molar-refractivity contribution in [3.05, 3.63) is 64.5 Å². The maximum absolute atomic E-state index is 14.6. The number of halogens is 5. The number of hydrogen-bond donors (Lipinski definition) is 4. The molecule has 0 spiro atoms. The van der Waals surface area contributed by atoms with Crippen LogP contribution in [0, 0.1) is 40.9 Å². The van der Waals surface area contributed by atoms with E-state index in [0.29, 0.717) is 12.8 Å². The fraction of sp³-hybridized carbons (Fsp3) is 0.429. The Balaban J connectivity index is 1.75. The lowest BCUT2D eigenvalue weighted by molar-refractivity contribution is -0.178. The number of phenols is 1. The summed E-state index contributed by atoms with van der Waals surface area (Å²) < 4.78 is 81.3. The molecular weight excluding hydrogens is 587 g/mol. The average molecular weight is 615 g/mol. The molecule has 0 bridgehead atoms. The van der Waals surface area contributed by atoms with Gasteiger partial charge >= 0.3 is 11.9 Å². The minimum atomic E-state index is -2.42. The summed E-state index contributed by atoms with van der Waals surface area (Å²) in [7, 11) is 0. The number of rotatable bonds is 5. The Bertz CT molecular complexity index is 1420. The van der Waals surface area contributed by atoms with Crippen LogP contribution in [0.15, 0.2) is 24.3 Å². The van der Waals surface area contributed by atoms with Gasteiger partial charge in [-0.2, -0.15) is 0 Å². The summed E-state index contributed by atoms with van der Waals surface area (Å²) in [6.45, 7) is 2.30. The molecule has 2 amide bonds. The molecule has 2 aromatic rings. The number of amides is 2. The van der Waals surface area contributed by atoms with Crippen molar-refractivity contribution in [3.8, 4) is 5.75 Å². The van der Waals surface area contributed by atoms with E-state index >= 15 is 0 Å². The maximum atomic E-state index is 14.6. The molecular formula is C28H27F5N2O8. The average Bonchev–Trinajstić information content (AvgIpc) is 3.82. The number of hydrogen-bond acceptors (Lipinski definition) is 8. The number of aliphatic hydroxyl groups excluding tert-OH is 1. The third-order valence-corrected chi connectivity index (χ3v) is 7.36. The Morgan fingerprint density at radius 1 is 0.930 bits per heavy atom. The zero-order valence-electron chi connectivity index (χ0n) is 22.7. The molecule has 1 heterocycles. The van der Waals surface area contributed by atoms with Crippen molar-refractivity contribution in [2.75, 3.05) is 0 Å². The topological polar surface area (TPSA) is 151 Å². The lowest BCUT2D eigenvalue weighted by Crippen LogP contribution is -2.59. The van der Waals surface area contributed by atoms with E-state index in [0.717, 1.165) is 6.92 Å². The molecule has 232 valence electrons. The van der Waals surface area contributed by atoms with Crippen molar-refractivity contribution >= 4 is 23.8 Å². The van der Waals surface area contributed by atoms with Crippen LogP contribution in [0.5, 0.6) is 5.75 Å². The fourth-order valence-electron chi connectivity index (χ4n) is 4.63. The van der Waals surface area contributed by atoms with Gasteiger partial charge in [-0.1, -0.05) is 12.1 Å². The zero-order valence-corrected chi connectivity index (χ0v) is 22.7. The van der Waals surface area contributed by atoms with Crippen LogP contribution in [0.4, 0.5) is 22.0 Å². The van der Waals surface area contributed by atoms with Crippen molar-refractivity contribution in [2.24, 2.45) is 11.8 Å². The highest BCUT2D eigenvalue weighted by Crippen LogP contribution is 2.36. The Kier molecular flexibility index (Phi) is 9.23. The predicted octanol–water partition coefficient (Wildman–Crippen LogP) is 2.18. The number of aliphatic hydroxyl groups is 1. The standard InChI is InChI=1S/C28H27F5N2O8/c1-10-23(37)15(9-14-17(29)19(31)21(33)20(32)18(14)30)34-26(39)22(35-25(38)13-5-3-4-6-16(13)36)11(2)42-28(41)24(12-7-8-12)43-27(10)40/h3-6,10-12,15,22-24,36-37H,7-9H2,1-2H3,(H,34,39)(H,35,38)/t10-,11-,15+,22+,23+,24?/m1/s1. The van der Waals surface area contributed by atoms with Crippen molar-refractivity contribution in [2.45, 2.75) is 63.5 Å². The van der Waals surface area contributed by atoms with Crippen molar-refractivity contribution in [3.63, 3.8) is 0 Å². The highest BCUT2D eigenvalue weighted by atomic mass is 19.2. The summed E-state index contributed by atoms with van der Waals surface area (Å²) in [5, 5.41) is 25.6. The molecule has 4 rings (SSSR count). The quantitative estimate of drug-likeness (QED) is 0.173. The number of aromatic hydroxyl groups is 1. The summed E-state index contributed by atoms with van der Waals surface area (Å²) >= 11 is 0. The second kappa shape index (κ2) is 12.5. The third-order valence-electron chi connectivity index (χ3n) is 7.36. The summed E-state index contributed by atoms with van der Waals surface area (Å²) in [6, 6.07) is 1.55. The van der Waals surface area contributed by atoms with Crippen LogP contribution in [0.25, 0.3) is 0 Å². The number of nitrogens with one attached hydrogen (secondary N) is 2. The number of esters is 2. The lowest BCUT2D eigenvalue weighted by atomic mass is 9.91. The van der Waals surface area contributed by atoms with Crippen LogP contribution >= 0.6 is 0 Å². The highest BCUT2D eigenvalue weighted by molar-refractivity contribution is 6.00. The minimum Gasteiger partial charge on any atom is -0.507 e. The first-order valence-corrected chi connectivity index (χ1v) is 13.2. The summed E-state index contributed by atoms with van der Waals surface area (Å²) in [6.07, 6.45) is -5.23. The van der Waals surface area contributed by atoms with E-state index in [4.69, 9.17) is 9.47 Å². The molecule has 2 aromatic carbocycles. The Morgan fingerprint density at radius 3 is 2.09 bits per heavy atom. The smallest absolute Gasteiger partial charge is 0.348 e. The zero-order chi connectivity index (χ0) is 31.7. The number of phenolic OH excluding ortho intramolecular Hbond substituents is 1. The molecule has 10 nitrogen and oxygen atoms in total. The number of carbonyl (C=O) groups excluding carboxylic acids is 4. The van der Waals surface area contributed by atoms with E-state index in [1.807, 2.05) is 0 Å². The third kappa shape index (κ3) is 6.55. The summed E-state index contributed by atoms with van der Waals surface area (Å²) in [5.41, 5.74) is -1.67. The Labute approximate surface area is 241 Å². The van der Waals surface area contributed by atoms with Crippen LogP contribution < -0.4 is 10.6 Å². The van der Waals surface area contributed by atoms with E-state index in [1.165, 1.54) is 31.2 Å². The summed E-state index contributed by atoms with van der Waals surface area (Å²) in [5.74, 6) is -18.3. The van der Waals surface area contributed by atoms with Gasteiger partial charge in [0.2, 0.25) is 17.8 Å². The molecule has 15 heteroatoms. The number of cyclic esters (lactones) is 2. The first-order chi connectivity index (χ1) is 20.2. The normalized spacial score (nSPS) is 26.8. The SMILES string of the molecule is C[C@H]1OC(=O)C(C2CC2)OC(=O)[C@H](C)[C@H](O)[C@H](Cc2c(F)c(F)c(F)c(F)c2F)NC(=O)[C@H]1NC(=O)c1ccccc1O. The number of ether oxygens (including phenoxy) is 2. The van der Waals surface area contributed by atoms with Crippen LogP contribution in [-0.4, -0.2) is 64.4 Å². The van der Waals surface area contributed by atoms with E-state index in [1.54, 1.807) is 0 Å². The van der Waals surface area contributed by atoms with Crippen LogP contribution in [0.3, 0.4) is 0 Å². The first-order valence-electron chi connectivity index (χ1n) is 13.2. The van der Waals surface area contributed by atoms with Crippen molar-refractivity contribution < 1.29 is 60.8 Å². The Hall–Kier alpha value is -4.27. The van der Waals surface area contributed by atoms with E-state index in [2.05, 4.69) is 10.6 Å². The second-order valence-corrected chi connectivity index (χ2v) is 10.5. The van der Waals surface area contributed by atoms with E-state index < -0.39 is 113 Å². The molecule has 2 fully saturated rings. The van der Waals surface area contributed by atoms with Gasteiger partial charge in [0.15, 0.2) is 23.3 Å². The first kappa shape index (κ1) is 31.7. The van der Waals surface area contributed by atoms with Gasteiger partial charge in [-0.3, -0.25) is 14.4 Å². The molecule has 0 radical (unpaired) electrons. The van der Waals surface area contributed by atoms with E-state index in [-0.39, 0.29) is 5.56 Å². The number of carbonyl (C=O) groups is 4. The molecule has 1 saturated heterocycles. The molecule has 2 aliphatic rings. The van der Waals surface area contributed by atoms with Gasteiger partial charge in [0, 0.05) is 17.9 Å². The van der Waals surface area contributed by atoms with Crippen LogP contribution in [0.2, 0.25) is 0 Å². The molecule has 1 unspecified atom stereocenters. The predicted molar refractivity (Wildman–Crippen MR) is 135 cm³/mol. The minimum absolute atomic E-state index is 0.281. The lowest BCUT2D eigenvalue weighted by Gasteiger charge is -2.33. The van der Waals surface area contributed by atoms with Gasteiger partial charge in [-0.25, -0.2) is 26.7 Å². The Morgan fingerprint density at radius 2 is 1.51 bits per heavy atom. The molecule has 1 aliphatic heterocycles. The molecule has 1 aliphatic carbocycles. The number of benzene rings is 2. The van der Waals surface area contributed by atoms with Crippen molar-refractivity contribution in [1.82, 2.24) is 10.6 Å². The summed E-state index contributed by atoms with van der Waals surface area (Å²) in [4.78, 5) is 52.3. The molecule has 0 aromatic heterocycles. The largest absolute Gasteiger partial charge is 0.507 e. The highest BCUT2D eigenvalue weighted by Gasteiger charge is 2.45. The van der Waals surface area contributed by atoms with Crippen molar-refractivity contribution in [1.29, 1.82) is 0 Å². The van der Waals surface area contributed by atoms with E-state index in [9.17, 15) is 51.3 Å². The molecule has 6 atom stereocenters. The van der Waals surface area contributed by atoms with Gasteiger partial charge in [0.05, 0.1) is 23.6 Å². The van der Waals surface area contributed by atoms with Gasteiger partial charge in [0.1, 0.15) is 17.9 Å². The van der Waals surface area contributed by atoms with Crippen LogP contribution in [-0.2, 0) is 30.3 Å².